The van der Waals surface area contributed by atoms with Gasteiger partial charge in [0.25, 0.3) is 5.91 Å². The minimum atomic E-state index is -0.962. The van der Waals surface area contributed by atoms with E-state index in [4.69, 9.17) is 5.26 Å². The van der Waals surface area contributed by atoms with Crippen LogP contribution in [-0.4, -0.2) is 39.0 Å². The molecule has 2 aliphatic heterocycles. The van der Waals surface area contributed by atoms with Crippen LogP contribution in [0.5, 0.6) is 0 Å². The van der Waals surface area contributed by atoms with Gasteiger partial charge < -0.3 is 10.0 Å². The van der Waals surface area contributed by atoms with E-state index in [0.29, 0.717) is 23.3 Å². The highest BCUT2D eigenvalue weighted by Gasteiger charge is 2.60. The summed E-state index contributed by atoms with van der Waals surface area (Å²) in [5, 5.41) is 18.1. The number of nitrogens with zero attached hydrogens (tertiary/aromatic N) is 3. The van der Waals surface area contributed by atoms with Gasteiger partial charge in [-0.2, -0.15) is 5.26 Å². The molecule has 1 amide bonds. The third kappa shape index (κ3) is 1.98. The molecule has 2 aliphatic rings. The van der Waals surface area contributed by atoms with Gasteiger partial charge in [-0.15, -0.1) is 0 Å². The topological polar surface area (TPSA) is 94.3 Å². The average Bonchev–Trinajstić information content (AvgIpc) is 2.74. The number of pyridine rings is 1. The number of β-lactam (4-membered cyclic amide) rings is 1. The van der Waals surface area contributed by atoms with Crippen molar-refractivity contribution < 1.29 is 14.7 Å². The van der Waals surface area contributed by atoms with Crippen LogP contribution >= 0.6 is 0 Å². The second-order valence-corrected chi connectivity index (χ2v) is 6.34. The van der Waals surface area contributed by atoms with Crippen LogP contribution in [0.2, 0.25) is 0 Å². The number of hydrogen-bond acceptors (Lipinski definition) is 4. The molecule has 3 heterocycles. The maximum Gasteiger partial charge on any atom is 0.327 e. The Morgan fingerprint density at radius 2 is 2.27 bits per heavy atom. The molecule has 0 aliphatic carbocycles. The Kier molecular flexibility index (Phi) is 3.03. The van der Waals surface area contributed by atoms with E-state index in [1.807, 2.05) is 19.9 Å². The van der Waals surface area contributed by atoms with Gasteiger partial charge in [0.05, 0.1) is 17.3 Å². The summed E-state index contributed by atoms with van der Waals surface area (Å²) in [5.41, 5.74) is 1.18. The summed E-state index contributed by atoms with van der Waals surface area (Å²) in [5.74, 6) is -1.20. The van der Waals surface area contributed by atoms with E-state index in [1.54, 1.807) is 18.2 Å². The lowest BCUT2D eigenvalue weighted by molar-refractivity contribution is -0.154. The predicted octanol–water partition coefficient (Wildman–Crippen LogP) is 1.43. The average molecular weight is 297 g/mol. The normalized spacial score (nSPS) is 27.2. The maximum atomic E-state index is 12.3. The molecule has 1 unspecified atom stereocenters. The summed E-state index contributed by atoms with van der Waals surface area (Å²) in [4.78, 5) is 29.3. The Morgan fingerprint density at radius 3 is 2.82 bits per heavy atom. The monoisotopic (exact) mass is 297 g/mol. The van der Waals surface area contributed by atoms with E-state index >= 15 is 0 Å². The minimum absolute atomic E-state index is 0.166. The van der Waals surface area contributed by atoms with Crippen LogP contribution in [0.15, 0.2) is 23.9 Å². The molecule has 3 rings (SSSR count). The van der Waals surface area contributed by atoms with Crippen LogP contribution in [0.1, 0.15) is 31.5 Å². The number of fused-ring (bicyclic) bond motifs is 1. The third-order valence-corrected chi connectivity index (χ3v) is 4.37. The quantitative estimate of drug-likeness (QED) is 0.658. The Bertz CT molecular complexity index is 728. The molecule has 0 spiro atoms. The molecular formula is C16H15N3O3. The predicted molar refractivity (Wildman–Crippen MR) is 77.4 cm³/mol. The van der Waals surface area contributed by atoms with E-state index in [9.17, 15) is 14.7 Å². The number of amides is 1. The fourth-order valence-corrected chi connectivity index (χ4v) is 3.34. The molecule has 2 fully saturated rings. The summed E-state index contributed by atoms with van der Waals surface area (Å²) in [7, 11) is 0. The summed E-state index contributed by atoms with van der Waals surface area (Å²) in [6.07, 6.45) is 3.76. The van der Waals surface area contributed by atoms with Crippen molar-refractivity contribution in [3.8, 4) is 6.07 Å². The van der Waals surface area contributed by atoms with E-state index in [2.05, 4.69) is 4.98 Å². The fourth-order valence-electron chi connectivity index (χ4n) is 3.34. The Labute approximate surface area is 127 Å². The largest absolute Gasteiger partial charge is 0.480 e. The van der Waals surface area contributed by atoms with Gasteiger partial charge in [-0.05, 0) is 30.0 Å². The zero-order valence-corrected chi connectivity index (χ0v) is 12.3. The SMILES string of the molecule is CC1(C)CC2/C(=C\c3ccc(C#N)cn3)C(=O)N2[C@H]1C(=O)O. The van der Waals surface area contributed by atoms with Crippen molar-refractivity contribution in [1.29, 1.82) is 5.26 Å². The summed E-state index contributed by atoms with van der Waals surface area (Å²) < 4.78 is 0. The number of carboxylic acid groups (broad SMARTS) is 1. The number of hydrogen-bond donors (Lipinski definition) is 1. The number of aromatic nitrogens is 1. The molecule has 0 bridgehead atoms. The lowest BCUT2D eigenvalue weighted by Crippen LogP contribution is -2.57. The molecular weight excluding hydrogens is 282 g/mol. The molecule has 2 atom stereocenters. The molecule has 112 valence electrons. The Morgan fingerprint density at radius 1 is 1.55 bits per heavy atom. The van der Waals surface area contributed by atoms with Crippen molar-refractivity contribution in [2.45, 2.75) is 32.4 Å². The number of rotatable bonds is 2. The molecule has 6 heteroatoms. The molecule has 0 saturated carbocycles. The van der Waals surface area contributed by atoms with Crippen molar-refractivity contribution in [2.75, 3.05) is 0 Å². The number of aliphatic carboxylic acids is 1. The smallest absolute Gasteiger partial charge is 0.327 e. The van der Waals surface area contributed by atoms with Crippen LogP contribution in [0.4, 0.5) is 0 Å². The second kappa shape index (κ2) is 4.67. The first-order valence-electron chi connectivity index (χ1n) is 6.98. The second-order valence-electron chi connectivity index (χ2n) is 6.34. The maximum absolute atomic E-state index is 12.3. The molecule has 1 N–H and O–H groups in total. The number of nitriles is 1. The van der Waals surface area contributed by atoms with Crippen LogP contribution in [0, 0.1) is 16.7 Å². The molecule has 6 nitrogen and oxygen atoms in total. The van der Waals surface area contributed by atoms with Crippen molar-refractivity contribution >= 4 is 18.0 Å². The lowest BCUT2D eigenvalue weighted by Gasteiger charge is -2.40. The Balaban J connectivity index is 1.90. The molecule has 2 saturated heterocycles. The Hall–Kier alpha value is -2.68. The van der Waals surface area contributed by atoms with Gasteiger partial charge in [-0.25, -0.2) is 4.79 Å². The van der Waals surface area contributed by atoms with Crippen molar-refractivity contribution in [2.24, 2.45) is 5.41 Å². The van der Waals surface area contributed by atoms with Gasteiger partial charge in [-0.1, -0.05) is 13.8 Å². The molecule has 0 aromatic carbocycles. The number of carbonyl (C=O) groups is 2. The van der Waals surface area contributed by atoms with Gasteiger partial charge >= 0.3 is 5.97 Å². The molecule has 22 heavy (non-hydrogen) atoms. The molecule has 1 aromatic heterocycles. The van der Waals surface area contributed by atoms with E-state index in [-0.39, 0.29) is 11.9 Å². The van der Waals surface area contributed by atoms with Crippen LogP contribution in [-0.2, 0) is 9.59 Å². The molecule has 0 radical (unpaired) electrons. The van der Waals surface area contributed by atoms with Gasteiger partial charge in [-0.3, -0.25) is 9.78 Å². The zero-order valence-electron chi connectivity index (χ0n) is 12.3. The summed E-state index contributed by atoms with van der Waals surface area (Å²) in [6.45, 7) is 3.74. The van der Waals surface area contributed by atoms with Crippen LogP contribution in [0.25, 0.3) is 6.08 Å². The van der Waals surface area contributed by atoms with E-state index in [1.165, 1.54) is 11.1 Å². The van der Waals surface area contributed by atoms with Crippen LogP contribution < -0.4 is 0 Å². The first-order chi connectivity index (χ1) is 10.3. The standard InChI is InChI=1S/C16H15N3O3/c1-16(2)6-12-11(14(20)19(12)13(16)15(21)22)5-10-4-3-9(7-17)8-18-10/h3-5,8,12-13H,6H2,1-2H3,(H,21,22)/b11-5+/t12?,13-/m0/s1. The fraction of sp³-hybridized carbons (Fsp3) is 0.375. The first-order valence-corrected chi connectivity index (χ1v) is 6.98. The minimum Gasteiger partial charge on any atom is -0.480 e. The summed E-state index contributed by atoms with van der Waals surface area (Å²) in [6, 6.07) is 4.35. The van der Waals surface area contributed by atoms with Crippen LogP contribution in [0.3, 0.4) is 0 Å². The van der Waals surface area contributed by atoms with Gasteiger partial charge in [0.1, 0.15) is 12.1 Å². The first kappa shape index (κ1) is 14.3. The summed E-state index contributed by atoms with van der Waals surface area (Å²) >= 11 is 0. The number of carbonyl (C=O) groups excluding carboxylic acids is 1. The lowest BCUT2D eigenvalue weighted by atomic mass is 9.83. The van der Waals surface area contributed by atoms with Gasteiger partial charge in [0.2, 0.25) is 0 Å². The van der Waals surface area contributed by atoms with Gasteiger partial charge in [0, 0.05) is 11.8 Å². The van der Waals surface area contributed by atoms with E-state index in [0.717, 1.165) is 0 Å². The van der Waals surface area contributed by atoms with Crippen molar-refractivity contribution in [3.63, 3.8) is 0 Å². The van der Waals surface area contributed by atoms with Crippen molar-refractivity contribution in [1.82, 2.24) is 9.88 Å². The highest BCUT2D eigenvalue weighted by atomic mass is 16.4. The van der Waals surface area contributed by atoms with E-state index < -0.39 is 17.4 Å². The number of carboxylic acids is 1. The van der Waals surface area contributed by atoms with Gasteiger partial charge in [0.15, 0.2) is 0 Å². The molecule has 1 aromatic rings. The highest BCUT2D eigenvalue weighted by Crippen LogP contribution is 2.49. The third-order valence-electron chi connectivity index (χ3n) is 4.37. The zero-order chi connectivity index (χ0) is 16.1. The van der Waals surface area contributed by atoms with Crippen molar-refractivity contribution in [3.05, 3.63) is 35.2 Å². The highest BCUT2D eigenvalue weighted by molar-refractivity contribution is 6.08.